The van der Waals surface area contributed by atoms with Gasteiger partial charge in [0.2, 0.25) is 0 Å². The SMILES string of the molecule is Cc1ccc(S(=O)(=O)OC[C@H](C)CCC[C@@H](C)COC2CCCCO2)cc1. The van der Waals surface area contributed by atoms with Crippen molar-refractivity contribution in [2.75, 3.05) is 19.8 Å². The first-order chi connectivity index (χ1) is 12.9. The summed E-state index contributed by atoms with van der Waals surface area (Å²) in [6.45, 7) is 7.89. The Labute approximate surface area is 164 Å². The van der Waals surface area contributed by atoms with Crippen LogP contribution >= 0.6 is 0 Å². The van der Waals surface area contributed by atoms with E-state index in [9.17, 15) is 8.42 Å². The molecule has 1 aliphatic heterocycles. The van der Waals surface area contributed by atoms with Crippen LogP contribution in [-0.2, 0) is 23.8 Å². The molecule has 154 valence electrons. The summed E-state index contributed by atoms with van der Waals surface area (Å²) < 4.78 is 41.1. The number of ether oxygens (including phenoxy) is 2. The van der Waals surface area contributed by atoms with Gasteiger partial charge in [-0.15, -0.1) is 0 Å². The normalized spacial score (nSPS) is 20.3. The first kappa shape index (κ1) is 22.3. The molecule has 0 aliphatic carbocycles. The van der Waals surface area contributed by atoms with Crippen molar-refractivity contribution in [3.63, 3.8) is 0 Å². The van der Waals surface area contributed by atoms with Crippen molar-refractivity contribution in [1.82, 2.24) is 0 Å². The summed E-state index contributed by atoms with van der Waals surface area (Å²) in [6.07, 6.45) is 6.31. The molecule has 1 fully saturated rings. The van der Waals surface area contributed by atoms with Gasteiger partial charge in [-0.2, -0.15) is 8.42 Å². The number of hydrogen-bond donors (Lipinski definition) is 0. The second-order valence-corrected chi connectivity index (χ2v) is 9.44. The summed E-state index contributed by atoms with van der Waals surface area (Å²) in [4.78, 5) is 0.219. The molecule has 2 rings (SSSR count). The van der Waals surface area contributed by atoms with Gasteiger partial charge in [0.25, 0.3) is 10.1 Å². The molecule has 0 amide bonds. The van der Waals surface area contributed by atoms with Crippen LogP contribution < -0.4 is 0 Å². The fourth-order valence-corrected chi connectivity index (χ4v) is 4.09. The maximum absolute atomic E-state index is 12.2. The lowest BCUT2D eigenvalue weighted by atomic mass is 10.00. The van der Waals surface area contributed by atoms with Crippen molar-refractivity contribution in [2.24, 2.45) is 11.8 Å². The van der Waals surface area contributed by atoms with Gasteiger partial charge in [-0.1, -0.05) is 38.0 Å². The van der Waals surface area contributed by atoms with Gasteiger partial charge >= 0.3 is 0 Å². The van der Waals surface area contributed by atoms with Crippen LogP contribution in [0.4, 0.5) is 0 Å². The van der Waals surface area contributed by atoms with E-state index in [2.05, 4.69) is 6.92 Å². The largest absolute Gasteiger partial charge is 0.353 e. The summed E-state index contributed by atoms with van der Waals surface area (Å²) in [5, 5.41) is 0. The van der Waals surface area contributed by atoms with E-state index < -0.39 is 10.1 Å². The van der Waals surface area contributed by atoms with Crippen molar-refractivity contribution < 1.29 is 22.1 Å². The average molecular weight is 399 g/mol. The summed E-state index contributed by atoms with van der Waals surface area (Å²) in [7, 11) is -3.67. The summed E-state index contributed by atoms with van der Waals surface area (Å²) >= 11 is 0. The van der Waals surface area contributed by atoms with Gasteiger partial charge in [0, 0.05) is 6.61 Å². The van der Waals surface area contributed by atoms with Crippen LogP contribution in [0, 0.1) is 18.8 Å². The Balaban J connectivity index is 1.61. The van der Waals surface area contributed by atoms with E-state index in [4.69, 9.17) is 13.7 Å². The number of aryl methyl sites for hydroxylation is 1. The molecule has 5 nitrogen and oxygen atoms in total. The first-order valence-electron chi connectivity index (χ1n) is 10.1. The monoisotopic (exact) mass is 398 g/mol. The van der Waals surface area contributed by atoms with Crippen LogP contribution in [0.15, 0.2) is 29.2 Å². The van der Waals surface area contributed by atoms with E-state index in [1.807, 2.05) is 13.8 Å². The van der Waals surface area contributed by atoms with E-state index in [1.165, 1.54) is 6.42 Å². The molecule has 27 heavy (non-hydrogen) atoms. The molecular weight excluding hydrogens is 364 g/mol. The highest BCUT2D eigenvalue weighted by Crippen LogP contribution is 2.19. The lowest BCUT2D eigenvalue weighted by molar-refractivity contribution is -0.168. The minimum atomic E-state index is -3.67. The molecular formula is C21H34O5S. The maximum Gasteiger partial charge on any atom is 0.296 e. The lowest BCUT2D eigenvalue weighted by Crippen LogP contribution is -2.24. The Morgan fingerprint density at radius 2 is 1.74 bits per heavy atom. The van der Waals surface area contributed by atoms with Crippen molar-refractivity contribution in [2.45, 2.75) is 70.5 Å². The highest BCUT2D eigenvalue weighted by atomic mass is 32.2. The highest BCUT2D eigenvalue weighted by molar-refractivity contribution is 7.86. The van der Waals surface area contributed by atoms with Crippen LogP contribution in [-0.4, -0.2) is 34.5 Å². The van der Waals surface area contributed by atoms with E-state index in [-0.39, 0.29) is 23.7 Å². The zero-order valence-electron chi connectivity index (χ0n) is 16.9. The van der Waals surface area contributed by atoms with Gasteiger partial charge in [-0.3, -0.25) is 4.18 Å². The number of hydrogen-bond acceptors (Lipinski definition) is 5. The third-order valence-electron chi connectivity index (χ3n) is 4.92. The topological polar surface area (TPSA) is 61.8 Å². The zero-order valence-corrected chi connectivity index (χ0v) is 17.7. The molecule has 1 heterocycles. The van der Waals surface area contributed by atoms with Crippen LogP contribution in [0.1, 0.15) is 57.9 Å². The molecule has 0 aromatic heterocycles. The third kappa shape index (κ3) is 8.30. The Hall–Kier alpha value is -0.950. The predicted molar refractivity (Wildman–Crippen MR) is 106 cm³/mol. The second kappa shape index (κ2) is 11.1. The number of benzene rings is 1. The Kier molecular flexibility index (Phi) is 9.22. The molecule has 0 spiro atoms. The first-order valence-corrected chi connectivity index (χ1v) is 11.5. The molecule has 1 aliphatic rings. The van der Waals surface area contributed by atoms with Gasteiger partial charge in [0.1, 0.15) is 0 Å². The fourth-order valence-electron chi connectivity index (χ4n) is 3.07. The van der Waals surface area contributed by atoms with Crippen molar-refractivity contribution >= 4 is 10.1 Å². The Morgan fingerprint density at radius 3 is 2.37 bits per heavy atom. The number of rotatable bonds is 11. The van der Waals surface area contributed by atoms with Crippen molar-refractivity contribution in [1.29, 1.82) is 0 Å². The van der Waals surface area contributed by atoms with Gasteiger partial charge < -0.3 is 9.47 Å². The van der Waals surface area contributed by atoms with Gasteiger partial charge in [0.05, 0.1) is 18.1 Å². The molecule has 0 saturated carbocycles. The Bertz CT molecular complexity index is 635. The van der Waals surface area contributed by atoms with Crippen LogP contribution in [0.25, 0.3) is 0 Å². The molecule has 0 N–H and O–H groups in total. The quantitative estimate of drug-likeness (QED) is 0.506. The van der Waals surface area contributed by atoms with Crippen molar-refractivity contribution in [3.8, 4) is 0 Å². The molecule has 6 heteroatoms. The predicted octanol–water partition coefficient (Wildman–Crippen LogP) is 4.69. The standard InChI is InChI=1S/C21H34O5S/c1-17-10-12-20(13-11-17)27(22,23)26-16-19(3)8-6-7-18(2)15-25-21-9-4-5-14-24-21/h10-13,18-19,21H,4-9,14-16H2,1-3H3/t18-,19-,21?/m1/s1. The minimum Gasteiger partial charge on any atom is -0.353 e. The minimum absolute atomic E-state index is 0.0273. The van der Waals surface area contributed by atoms with Crippen molar-refractivity contribution in [3.05, 3.63) is 29.8 Å². The molecule has 1 aromatic rings. The molecule has 1 saturated heterocycles. The molecule has 0 bridgehead atoms. The van der Waals surface area contributed by atoms with Crippen LogP contribution in [0.5, 0.6) is 0 Å². The van der Waals surface area contributed by atoms with E-state index >= 15 is 0 Å². The van der Waals surface area contributed by atoms with Gasteiger partial charge in [-0.05, 0) is 63.0 Å². The van der Waals surface area contributed by atoms with Gasteiger partial charge in [-0.25, -0.2) is 0 Å². The smallest absolute Gasteiger partial charge is 0.296 e. The fraction of sp³-hybridized carbons (Fsp3) is 0.714. The van der Waals surface area contributed by atoms with Gasteiger partial charge in [0.15, 0.2) is 6.29 Å². The highest BCUT2D eigenvalue weighted by Gasteiger charge is 2.18. The summed E-state index contributed by atoms with van der Waals surface area (Å²) in [5.74, 6) is 0.667. The zero-order chi connectivity index (χ0) is 19.7. The van der Waals surface area contributed by atoms with E-state index in [1.54, 1.807) is 24.3 Å². The molecule has 0 radical (unpaired) electrons. The third-order valence-corrected chi connectivity index (χ3v) is 6.21. The molecule has 3 atom stereocenters. The lowest BCUT2D eigenvalue weighted by Gasteiger charge is -2.24. The Morgan fingerprint density at radius 1 is 1.07 bits per heavy atom. The van der Waals surface area contributed by atoms with E-state index in [0.29, 0.717) is 5.92 Å². The molecule has 1 unspecified atom stereocenters. The molecule has 1 aromatic carbocycles. The average Bonchev–Trinajstić information content (AvgIpc) is 2.66. The van der Waals surface area contributed by atoms with Crippen LogP contribution in [0.2, 0.25) is 0 Å². The van der Waals surface area contributed by atoms with Crippen LogP contribution in [0.3, 0.4) is 0 Å². The maximum atomic E-state index is 12.2. The van der Waals surface area contributed by atoms with E-state index in [0.717, 1.165) is 50.9 Å². The summed E-state index contributed by atoms with van der Waals surface area (Å²) in [5.41, 5.74) is 1.02. The summed E-state index contributed by atoms with van der Waals surface area (Å²) in [6, 6.07) is 6.74. The second-order valence-electron chi connectivity index (χ2n) is 7.82.